The second-order valence-electron chi connectivity index (χ2n) is 13.1. The van der Waals surface area contributed by atoms with Crippen molar-refractivity contribution in [2.24, 2.45) is 5.92 Å². The number of amides is 1. The number of hydrogen-bond donors (Lipinski definition) is 2. The lowest BCUT2D eigenvalue weighted by atomic mass is 9.93. The topological polar surface area (TPSA) is 122 Å². The Morgan fingerprint density at radius 1 is 0.939 bits per heavy atom. The van der Waals surface area contributed by atoms with Gasteiger partial charge in [0.1, 0.15) is 15.9 Å². The quantitative estimate of drug-likeness (QED) is 0.182. The van der Waals surface area contributed by atoms with Crippen molar-refractivity contribution in [1.29, 1.82) is 0 Å². The highest BCUT2D eigenvalue weighted by Crippen LogP contribution is 2.32. The van der Waals surface area contributed by atoms with Crippen LogP contribution in [0.25, 0.3) is 11.1 Å². The average molecular weight is 695 g/mol. The van der Waals surface area contributed by atoms with E-state index in [1.807, 2.05) is 49.4 Å². The van der Waals surface area contributed by atoms with E-state index in [0.29, 0.717) is 30.3 Å². The zero-order chi connectivity index (χ0) is 36.0. The minimum atomic E-state index is -3.39. The van der Waals surface area contributed by atoms with Crippen LogP contribution in [-0.2, 0) is 37.1 Å². The Morgan fingerprint density at radius 2 is 1.61 bits per heavy atom. The molecule has 1 amide bonds. The Morgan fingerprint density at radius 3 is 2.20 bits per heavy atom. The van der Waals surface area contributed by atoms with Crippen LogP contribution in [0.15, 0.2) is 72.8 Å². The molecule has 3 aromatic rings. The molecule has 1 aliphatic heterocycles. The summed E-state index contributed by atoms with van der Waals surface area (Å²) in [5.41, 5.74) is 5.24. The summed E-state index contributed by atoms with van der Waals surface area (Å²) in [5, 5.41) is 12.2. The number of ether oxygens (including phenoxy) is 2. The second-order valence-corrected chi connectivity index (χ2v) is 15.4. The number of carbonyl (C=O) groups is 2. The molecule has 0 aromatic heterocycles. The van der Waals surface area contributed by atoms with E-state index in [4.69, 9.17) is 9.47 Å². The maximum absolute atomic E-state index is 13.5. The van der Waals surface area contributed by atoms with E-state index in [9.17, 15) is 23.1 Å². The fourth-order valence-corrected chi connectivity index (χ4v) is 6.84. The average Bonchev–Trinajstić information content (AvgIpc) is 3.43. The predicted molar refractivity (Wildman–Crippen MR) is 196 cm³/mol. The number of rotatable bonds is 16. The first-order valence-electron chi connectivity index (χ1n) is 17.0. The minimum Gasteiger partial charge on any atom is -0.480 e. The number of methoxy groups -OCH3 is 2. The van der Waals surface area contributed by atoms with Crippen LogP contribution in [0.3, 0.4) is 0 Å². The summed E-state index contributed by atoms with van der Waals surface area (Å²) in [7, 11) is 0.0824. The van der Waals surface area contributed by atoms with Crippen molar-refractivity contribution in [3.8, 4) is 11.1 Å². The molecule has 0 radical (unpaired) electrons. The summed E-state index contributed by atoms with van der Waals surface area (Å²) in [6.07, 6.45) is 5.10. The molecule has 9 nitrogen and oxygen atoms in total. The first kappa shape index (κ1) is 39.9. The number of aliphatic carboxylic acids is 1. The van der Waals surface area contributed by atoms with Gasteiger partial charge in [-0.15, -0.1) is 0 Å². The lowest BCUT2D eigenvalue weighted by Gasteiger charge is -2.30. The summed E-state index contributed by atoms with van der Waals surface area (Å²) in [6, 6.07) is 23.2. The molecule has 1 aliphatic rings. The van der Waals surface area contributed by atoms with E-state index < -0.39 is 27.8 Å². The number of nitrogens with one attached hydrogen (secondary N) is 1. The number of sulfone groups is 1. The SMILES string of the molecule is CC[C@@H](C)COC.COCC1CCC(Cc2ccccc2)N1Cc1ccc(C(=O)NC(CCS(C)(=O)=O)C(=O)O)c(-c2ccccc2C)c1. The van der Waals surface area contributed by atoms with Crippen molar-refractivity contribution in [2.45, 2.75) is 77.5 Å². The van der Waals surface area contributed by atoms with Crippen LogP contribution >= 0.6 is 0 Å². The minimum absolute atomic E-state index is 0.212. The molecule has 2 N–H and O–H groups in total. The molecule has 4 atom stereocenters. The zero-order valence-electron chi connectivity index (χ0n) is 29.9. The summed E-state index contributed by atoms with van der Waals surface area (Å²) >= 11 is 0. The largest absolute Gasteiger partial charge is 0.480 e. The van der Waals surface area contributed by atoms with E-state index in [-0.39, 0.29) is 18.2 Å². The van der Waals surface area contributed by atoms with Crippen LogP contribution in [-0.4, -0.2) is 87.9 Å². The van der Waals surface area contributed by atoms with Gasteiger partial charge in [-0.05, 0) is 78.5 Å². The Kier molecular flexibility index (Phi) is 15.9. The number of aryl methyl sites for hydroxylation is 1. The fourth-order valence-electron chi connectivity index (χ4n) is 6.17. The summed E-state index contributed by atoms with van der Waals surface area (Å²) in [6.45, 7) is 8.55. The third kappa shape index (κ3) is 12.7. The lowest BCUT2D eigenvalue weighted by Crippen LogP contribution is -2.42. The van der Waals surface area contributed by atoms with Gasteiger partial charge in [-0.3, -0.25) is 9.69 Å². The van der Waals surface area contributed by atoms with Crippen molar-refractivity contribution in [3.05, 3.63) is 95.1 Å². The Hall–Kier alpha value is -3.57. The molecule has 0 spiro atoms. The van der Waals surface area contributed by atoms with Gasteiger partial charge in [0.15, 0.2) is 0 Å². The molecule has 3 aromatic carbocycles. The molecular formula is C39H54N2O7S. The molecule has 268 valence electrons. The van der Waals surface area contributed by atoms with Gasteiger partial charge in [-0.25, -0.2) is 13.2 Å². The maximum Gasteiger partial charge on any atom is 0.326 e. The number of carboxylic acid groups (broad SMARTS) is 1. The van der Waals surface area contributed by atoms with Crippen molar-refractivity contribution in [2.75, 3.05) is 39.4 Å². The van der Waals surface area contributed by atoms with E-state index in [2.05, 4.69) is 48.3 Å². The van der Waals surface area contributed by atoms with Gasteiger partial charge in [0.05, 0.1) is 12.4 Å². The number of benzene rings is 3. The maximum atomic E-state index is 13.5. The number of carbonyl (C=O) groups excluding carboxylic acids is 1. The molecule has 0 bridgehead atoms. The second kappa shape index (κ2) is 19.6. The van der Waals surface area contributed by atoms with Crippen molar-refractivity contribution < 1.29 is 32.6 Å². The van der Waals surface area contributed by atoms with Gasteiger partial charge in [0, 0.05) is 51.3 Å². The molecule has 10 heteroatoms. The molecule has 0 aliphatic carbocycles. The number of carboxylic acids is 1. The van der Waals surface area contributed by atoms with Gasteiger partial charge in [0.2, 0.25) is 0 Å². The standard InChI is InChI=1S/C33H40N2O6S.C6H14O/c1-23-9-7-8-12-28(23)30-20-25(13-16-29(30)32(36)34-31(33(37)38)17-18-42(3,39)40)21-35-26(14-15-27(35)22-41-2)19-24-10-5-4-6-11-24;1-4-6(2)5-7-3/h4-13,16,20,26-27,31H,14-15,17-19,21-22H2,1-3H3,(H,34,36)(H,37,38);6H,4-5H2,1-3H3/t;6-/m.1/s1. The molecule has 3 unspecified atom stereocenters. The van der Waals surface area contributed by atoms with Crippen LogP contribution < -0.4 is 5.32 Å². The van der Waals surface area contributed by atoms with Crippen LogP contribution in [0, 0.1) is 12.8 Å². The van der Waals surface area contributed by atoms with E-state index in [0.717, 1.165) is 54.7 Å². The van der Waals surface area contributed by atoms with Gasteiger partial charge < -0.3 is 19.9 Å². The highest BCUT2D eigenvalue weighted by molar-refractivity contribution is 7.90. The first-order valence-corrected chi connectivity index (χ1v) is 19.1. The van der Waals surface area contributed by atoms with Gasteiger partial charge in [-0.1, -0.05) is 80.9 Å². The van der Waals surface area contributed by atoms with Crippen molar-refractivity contribution in [1.82, 2.24) is 10.2 Å². The van der Waals surface area contributed by atoms with E-state index >= 15 is 0 Å². The molecular weight excluding hydrogens is 641 g/mol. The molecule has 0 saturated carbocycles. The van der Waals surface area contributed by atoms with Crippen LogP contribution in [0.4, 0.5) is 0 Å². The number of hydrogen-bond acceptors (Lipinski definition) is 7. The highest BCUT2D eigenvalue weighted by atomic mass is 32.2. The highest BCUT2D eigenvalue weighted by Gasteiger charge is 2.33. The predicted octanol–water partition coefficient (Wildman–Crippen LogP) is 6.18. The number of nitrogens with zero attached hydrogens (tertiary/aromatic N) is 1. The lowest BCUT2D eigenvalue weighted by molar-refractivity contribution is -0.139. The van der Waals surface area contributed by atoms with E-state index in [1.165, 1.54) is 12.0 Å². The summed E-state index contributed by atoms with van der Waals surface area (Å²) < 4.78 is 33.7. The van der Waals surface area contributed by atoms with Crippen LogP contribution in [0.1, 0.15) is 66.6 Å². The fraction of sp³-hybridized carbons (Fsp3) is 0.487. The third-order valence-electron chi connectivity index (χ3n) is 9.10. The normalized spacial score (nSPS) is 17.5. The smallest absolute Gasteiger partial charge is 0.326 e. The zero-order valence-corrected chi connectivity index (χ0v) is 30.7. The molecule has 49 heavy (non-hydrogen) atoms. The summed E-state index contributed by atoms with van der Waals surface area (Å²) in [4.78, 5) is 27.8. The molecule has 4 rings (SSSR count). The van der Waals surface area contributed by atoms with Crippen LogP contribution in [0.5, 0.6) is 0 Å². The van der Waals surface area contributed by atoms with Crippen molar-refractivity contribution in [3.63, 3.8) is 0 Å². The Labute approximate surface area is 292 Å². The third-order valence-corrected chi connectivity index (χ3v) is 10.1. The summed E-state index contributed by atoms with van der Waals surface area (Å²) in [5.74, 6) is -1.44. The van der Waals surface area contributed by atoms with E-state index in [1.54, 1.807) is 20.3 Å². The van der Waals surface area contributed by atoms with Gasteiger partial charge in [0.25, 0.3) is 5.91 Å². The Bertz CT molecular complexity index is 1600. The van der Waals surface area contributed by atoms with Gasteiger partial charge in [-0.2, -0.15) is 0 Å². The van der Waals surface area contributed by atoms with Crippen molar-refractivity contribution >= 4 is 21.7 Å². The molecule has 1 heterocycles. The monoisotopic (exact) mass is 694 g/mol. The first-order chi connectivity index (χ1) is 23.4. The Balaban J connectivity index is 0.000000838. The van der Waals surface area contributed by atoms with Gasteiger partial charge >= 0.3 is 5.97 Å². The molecule has 1 fully saturated rings. The molecule has 1 saturated heterocycles. The van der Waals surface area contributed by atoms with Crippen LogP contribution in [0.2, 0.25) is 0 Å². The number of likely N-dealkylation sites (tertiary alicyclic amines) is 1.